The zero-order valence-electron chi connectivity index (χ0n) is 13.0. The van der Waals surface area contributed by atoms with Gasteiger partial charge in [0.2, 0.25) is 0 Å². The molecule has 1 aromatic heterocycles. The number of benzene rings is 1. The lowest BCUT2D eigenvalue weighted by molar-refractivity contribution is 0.161. The highest BCUT2D eigenvalue weighted by Gasteiger charge is 2.31. The molecule has 2 saturated heterocycles. The monoisotopic (exact) mass is 296 g/mol. The van der Waals surface area contributed by atoms with E-state index >= 15 is 0 Å². The van der Waals surface area contributed by atoms with Crippen LogP contribution in [0.15, 0.2) is 42.6 Å². The predicted molar refractivity (Wildman–Crippen MR) is 89.2 cm³/mol. The highest BCUT2D eigenvalue weighted by Crippen LogP contribution is 2.30. The number of para-hydroxylation sites is 1. The molecule has 0 amide bonds. The van der Waals surface area contributed by atoms with Gasteiger partial charge in [0.1, 0.15) is 0 Å². The molecule has 1 aromatic carbocycles. The van der Waals surface area contributed by atoms with Gasteiger partial charge < -0.3 is 4.90 Å². The Morgan fingerprint density at radius 1 is 0.955 bits per heavy atom. The predicted octanol–water partition coefficient (Wildman–Crippen LogP) is 2.87. The average Bonchev–Trinajstić information content (AvgIpc) is 3.28. The number of aromatic nitrogens is 2. The minimum Gasteiger partial charge on any atom is -0.370 e. The Kier molecular flexibility index (Phi) is 3.85. The number of nitrogens with zero attached hydrogens (tertiary/aromatic N) is 3. The summed E-state index contributed by atoms with van der Waals surface area (Å²) in [6.07, 6.45) is 5.67. The average molecular weight is 296 g/mol. The van der Waals surface area contributed by atoms with E-state index in [9.17, 15) is 0 Å². The number of rotatable bonds is 3. The van der Waals surface area contributed by atoms with Crippen LogP contribution < -0.4 is 4.90 Å². The molecule has 2 aliphatic heterocycles. The van der Waals surface area contributed by atoms with E-state index in [4.69, 9.17) is 0 Å². The van der Waals surface area contributed by atoms with Crippen LogP contribution in [0.3, 0.4) is 0 Å². The summed E-state index contributed by atoms with van der Waals surface area (Å²) in [5, 5.41) is 7.24. The molecule has 0 bridgehead atoms. The summed E-state index contributed by atoms with van der Waals surface area (Å²) in [4.78, 5) is 5.24. The van der Waals surface area contributed by atoms with E-state index in [1.54, 1.807) is 0 Å². The van der Waals surface area contributed by atoms with Crippen LogP contribution in [0, 0.1) is 0 Å². The minimum atomic E-state index is 0.672. The third-order valence-electron chi connectivity index (χ3n) is 5.29. The van der Waals surface area contributed by atoms with Crippen molar-refractivity contribution in [1.82, 2.24) is 15.1 Å². The van der Waals surface area contributed by atoms with Gasteiger partial charge in [-0.1, -0.05) is 18.2 Å². The van der Waals surface area contributed by atoms with Crippen molar-refractivity contribution in [2.24, 2.45) is 0 Å². The molecule has 1 atom stereocenters. The zero-order valence-corrected chi connectivity index (χ0v) is 13.0. The second kappa shape index (κ2) is 6.13. The van der Waals surface area contributed by atoms with E-state index in [2.05, 4.69) is 56.4 Å². The minimum absolute atomic E-state index is 0.672. The second-order valence-corrected chi connectivity index (χ2v) is 6.55. The first kappa shape index (κ1) is 13.8. The van der Waals surface area contributed by atoms with E-state index in [0.29, 0.717) is 5.92 Å². The van der Waals surface area contributed by atoms with Gasteiger partial charge in [-0.3, -0.25) is 10.00 Å². The number of aromatic amines is 1. The number of likely N-dealkylation sites (tertiary alicyclic amines) is 1. The van der Waals surface area contributed by atoms with Gasteiger partial charge in [0.05, 0.1) is 0 Å². The molecule has 0 radical (unpaired) electrons. The lowest BCUT2D eigenvalue weighted by Gasteiger charge is -2.35. The number of H-pyrrole nitrogens is 1. The molecule has 2 aromatic rings. The van der Waals surface area contributed by atoms with Gasteiger partial charge in [-0.25, -0.2) is 0 Å². The van der Waals surface area contributed by atoms with E-state index in [0.717, 1.165) is 6.04 Å². The first-order valence-corrected chi connectivity index (χ1v) is 8.43. The number of hydrogen-bond donors (Lipinski definition) is 1. The fourth-order valence-corrected chi connectivity index (χ4v) is 3.98. The smallest absolute Gasteiger partial charge is 0.0490 e. The quantitative estimate of drug-likeness (QED) is 0.946. The maximum absolute atomic E-state index is 4.09. The van der Waals surface area contributed by atoms with E-state index in [-0.39, 0.29) is 0 Å². The van der Waals surface area contributed by atoms with Crippen LogP contribution in [-0.2, 0) is 0 Å². The molecule has 3 heterocycles. The summed E-state index contributed by atoms with van der Waals surface area (Å²) in [6.45, 7) is 4.81. The molecule has 116 valence electrons. The van der Waals surface area contributed by atoms with Gasteiger partial charge in [0, 0.05) is 42.6 Å². The van der Waals surface area contributed by atoms with E-state index in [1.807, 2.05) is 6.20 Å². The van der Waals surface area contributed by atoms with Crippen molar-refractivity contribution in [3.63, 3.8) is 0 Å². The SMILES string of the molecule is c1ccc(N2CC[C@@H](N3CCC(c4ccn[nH]4)CC3)C2)cc1. The zero-order chi connectivity index (χ0) is 14.8. The Morgan fingerprint density at radius 2 is 1.77 bits per heavy atom. The molecule has 0 aliphatic carbocycles. The summed E-state index contributed by atoms with van der Waals surface area (Å²) in [5.74, 6) is 0.672. The van der Waals surface area contributed by atoms with Crippen LogP contribution in [0.25, 0.3) is 0 Å². The van der Waals surface area contributed by atoms with Crippen molar-refractivity contribution in [1.29, 1.82) is 0 Å². The number of piperidine rings is 1. The van der Waals surface area contributed by atoms with Gasteiger partial charge >= 0.3 is 0 Å². The Balaban J connectivity index is 1.33. The normalized spacial score (nSPS) is 24.0. The van der Waals surface area contributed by atoms with Crippen molar-refractivity contribution in [3.8, 4) is 0 Å². The Morgan fingerprint density at radius 3 is 2.50 bits per heavy atom. The Bertz CT molecular complexity index is 572. The second-order valence-electron chi connectivity index (χ2n) is 6.55. The Labute approximate surface area is 132 Å². The van der Waals surface area contributed by atoms with Crippen LogP contribution in [0.1, 0.15) is 30.9 Å². The van der Waals surface area contributed by atoms with Crippen molar-refractivity contribution in [3.05, 3.63) is 48.3 Å². The summed E-state index contributed by atoms with van der Waals surface area (Å²) in [7, 11) is 0. The summed E-state index contributed by atoms with van der Waals surface area (Å²) in [6, 6.07) is 13.7. The topological polar surface area (TPSA) is 35.2 Å². The van der Waals surface area contributed by atoms with Gasteiger partial charge in [0.25, 0.3) is 0 Å². The van der Waals surface area contributed by atoms with Gasteiger partial charge in [0.15, 0.2) is 0 Å². The molecule has 1 N–H and O–H groups in total. The highest BCUT2D eigenvalue weighted by molar-refractivity contribution is 5.47. The van der Waals surface area contributed by atoms with Crippen LogP contribution >= 0.6 is 0 Å². The lowest BCUT2D eigenvalue weighted by Crippen LogP contribution is -2.42. The molecule has 2 aliphatic rings. The summed E-state index contributed by atoms with van der Waals surface area (Å²) >= 11 is 0. The van der Waals surface area contributed by atoms with Crippen LogP contribution in [-0.4, -0.2) is 47.3 Å². The maximum Gasteiger partial charge on any atom is 0.0490 e. The molecular weight excluding hydrogens is 272 g/mol. The van der Waals surface area contributed by atoms with Crippen molar-refractivity contribution in [2.75, 3.05) is 31.1 Å². The fourth-order valence-electron chi connectivity index (χ4n) is 3.98. The first-order chi connectivity index (χ1) is 10.9. The highest BCUT2D eigenvalue weighted by atomic mass is 15.3. The molecule has 4 rings (SSSR count). The molecule has 4 heteroatoms. The van der Waals surface area contributed by atoms with Gasteiger partial charge in [-0.05, 0) is 50.6 Å². The lowest BCUT2D eigenvalue weighted by atomic mass is 9.93. The molecule has 0 saturated carbocycles. The first-order valence-electron chi connectivity index (χ1n) is 8.43. The molecule has 0 spiro atoms. The maximum atomic E-state index is 4.09. The van der Waals surface area contributed by atoms with Crippen LogP contribution in [0.4, 0.5) is 5.69 Å². The number of nitrogens with one attached hydrogen (secondary N) is 1. The summed E-state index contributed by atoms with van der Waals surface area (Å²) < 4.78 is 0. The van der Waals surface area contributed by atoms with Crippen molar-refractivity contribution in [2.45, 2.75) is 31.2 Å². The molecular formula is C18H24N4. The molecule has 4 nitrogen and oxygen atoms in total. The molecule has 22 heavy (non-hydrogen) atoms. The van der Waals surface area contributed by atoms with Gasteiger partial charge in [-0.15, -0.1) is 0 Å². The fraction of sp³-hybridized carbons (Fsp3) is 0.500. The van der Waals surface area contributed by atoms with Gasteiger partial charge in [-0.2, -0.15) is 5.10 Å². The van der Waals surface area contributed by atoms with E-state index in [1.165, 1.54) is 56.8 Å². The number of hydrogen-bond acceptors (Lipinski definition) is 3. The number of anilines is 1. The molecule has 2 fully saturated rings. The largest absolute Gasteiger partial charge is 0.370 e. The third-order valence-corrected chi connectivity index (χ3v) is 5.29. The standard InChI is InChI=1S/C18H24N4/c1-2-4-16(5-3-1)22-13-9-17(14-22)21-11-7-15(8-12-21)18-6-10-19-20-18/h1-6,10,15,17H,7-9,11-14H2,(H,19,20)/t17-/m1/s1. The van der Waals surface area contributed by atoms with Crippen LogP contribution in [0.5, 0.6) is 0 Å². The molecule has 0 unspecified atom stereocenters. The third kappa shape index (κ3) is 2.75. The Hall–Kier alpha value is -1.81. The summed E-state index contributed by atoms with van der Waals surface area (Å²) in [5.41, 5.74) is 2.69. The van der Waals surface area contributed by atoms with Crippen molar-refractivity contribution >= 4 is 5.69 Å². The van der Waals surface area contributed by atoms with E-state index < -0.39 is 0 Å². The van der Waals surface area contributed by atoms with Crippen molar-refractivity contribution < 1.29 is 0 Å². The van der Waals surface area contributed by atoms with Crippen LogP contribution in [0.2, 0.25) is 0 Å².